The average Bonchev–Trinajstić information content (AvgIpc) is 2.15. The van der Waals surface area contributed by atoms with Gasteiger partial charge >= 0.3 is 10.3 Å². The van der Waals surface area contributed by atoms with Crippen molar-refractivity contribution in [2.24, 2.45) is 0 Å². The number of benzene rings is 1. The lowest BCUT2D eigenvalue weighted by Gasteiger charge is -1.99. The minimum Gasteiger partial charge on any atom is -0.478 e. The van der Waals surface area contributed by atoms with Gasteiger partial charge in [-0.2, -0.15) is 0 Å². The zero-order valence-electron chi connectivity index (χ0n) is 7.14. The maximum atomic E-state index is 10.4. The predicted molar refractivity (Wildman–Crippen MR) is 47.9 cm³/mol. The molecule has 15 heavy (non-hydrogen) atoms. The molecule has 0 saturated heterocycles. The molecule has 0 amide bonds. The summed E-state index contributed by atoms with van der Waals surface area (Å²) in [5.74, 6) is 0. The summed E-state index contributed by atoms with van der Waals surface area (Å²) in [6, 6.07) is 3.94. The maximum Gasteiger partial charge on any atom is 0.501 e. The zero-order chi connectivity index (χ0) is 11.6. The van der Waals surface area contributed by atoms with Gasteiger partial charge in [-0.1, -0.05) is 0 Å². The molecule has 0 aromatic heterocycles. The highest BCUT2D eigenvalue weighted by molar-refractivity contribution is 7.79. The van der Waals surface area contributed by atoms with E-state index in [4.69, 9.17) is 10.1 Å². The first-order valence-electron chi connectivity index (χ1n) is 3.53. The van der Waals surface area contributed by atoms with Crippen molar-refractivity contribution in [2.45, 2.75) is 0 Å². The van der Waals surface area contributed by atoms with Crippen LogP contribution in [0.15, 0.2) is 24.3 Å². The van der Waals surface area contributed by atoms with Crippen LogP contribution < -0.4 is 0 Å². The lowest BCUT2D eigenvalue weighted by Crippen LogP contribution is -2.10. The second-order valence-electron chi connectivity index (χ2n) is 2.49. The highest BCUT2D eigenvalue weighted by atomic mass is 32.2. The second-order valence-corrected chi connectivity index (χ2v) is 3.74. The Morgan fingerprint density at radius 3 is 1.93 bits per heavy atom. The number of nitro benzene ring substituents is 1. The van der Waals surface area contributed by atoms with Gasteiger partial charge in [-0.3, -0.25) is 10.1 Å². The van der Waals surface area contributed by atoms with Crippen molar-refractivity contribution >= 4 is 21.7 Å². The van der Waals surface area contributed by atoms with Crippen LogP contribution in [-0.4, -0.2) is 22.0 Å². The first-order chi connectivity index (χ1) is 6.82. The number of rotatable bonds is 3. The van der Waals surface area contributed by atoms with Gasteiger partial charge in [-0.05, 0) is 0 Å². The van der Waals surface area contributed by atoms with E-state index in [9.17, 15) is 18.5 Å². The van der Waals surface area contributed by atoms with E-state index in [2.05, 4.69) is 0 Å². The predicted octanol–water partition coefficient (Wildman–Crippen LogP) is 1.06. The lowest BCUT2D eigenvalue weighted by molar-refractivity contribution is -0.385. The number of non-ortho nitro benzene ring substituents is 1. The summed E-state index contributed by atoms with van der Waals surface area (Å²) >= 11 is 0. The van der Waals surface area contributed by atoms with Crippen LogP contribution in [0.2, 0.25) is 0 Å². The minimum absolute atomic E-state index is 0.262. The van der Waals surface area contributed by atoms with E-state index in [1.807, 2.05) is 0 Å². The van der Waals surface area contributed by atoms with Gasteiger partial charge in [0.25, 0.3) is 5.69 Å². The van der Waals surface area contributed by atoms with E-state index >= 15 is 0 Å². The Bertz CT molecular complexity index is 506. The van der Waals surface area contributed by atoms with Crippen LogP contribution in [0, 0.1) is 10.1 Å². The molecule has 1 N–H and O–H groups in total. The molecule has 0 aliphatic heterocycles. The molecule has 0 bridgehead atoms. The highest BCUT2D eigenvalue weighted by Crippen LogP contribution is 2.19. The van der Waals surface area contributed by atoms with Crippen LogP contribution in [0.1, 0.15) is 0 Å². The molecule has 8 nitrogen and oxygen atoms in total. The molecule has 0 aliphatic carbocycles. The Morgan fingerprint density at radius 1 is 1.20 bits per heavy atom. The molecule has 1 rings (SSSR count). The molecule has 1 aromatic rings. The van der Waals surface area contributed by atoms with Crippen LogP contribution in [-0.2, 0) is 10.3 Å². The lowest BCUT2D eigenvalue weighted by atomic mass is 10.3. The van der Waals surface area contributed by atoms with Gasteiger partial charge < -0.3 is 5.53 Å². The Kier molecular flexibility index (Phi) is 2.77. The Morgan fingerprint density at radius 2 is 1.60 bits per heavy atom. The zero-order valence-corrected chi connectivity index (χ0v) is 7.96. The minimum atomic E-state index is -4.77. The molecule has 0 radical (unpaired) electrons. The van der Waals surface area contributed by atoms with E-state index in [0.29, 0.717) is 0 Å². The van der Waals surface area contributed by atoms with Crippen LogP contribution in [0.25, 0.3) is 5.53 Å². The normalized spacial score (nSPS) is 11.0. The summed E-state index contributed by atoms with van der Waals surface area (Å²) in [6.45, 7) is 0. The van der Waals surface area contributed by atoms with Crippen molar-refractivity contribution in [2.75, 3.05) is 0 Å². The number of nitro groups is 1. The van der Waals surface area contributed by atoms with Gasteiger partial charge in [0.2, 0.25) is 5.69 Å². The summed E-state index contributed by atoms with van der Waals surface area (Å²) in [5, 5.41) is 10.2. The fraction of sp³-hybridized carbons (Fsp3) is 0. The molecule has 0 spiro atoms. The monoisotopic (exact) mass is 231 g/mol. The van der Waals surface area contributed by atoms with Gasteiger partial charge in [0.15, 0.2) is 0 Å². The van der Waals surface area contributed by atoms with Crippen molar-refractivity contribution < 1.29 is 22.0 Å². The van der Waals surface area contributed by atoms with Crippen molar-refractivity contribution in [3.05, 3.63) is 39.9 Å². The molecule has 0 saturated carbocycles. The van der Waals surface area contributed by atoms with Crippen LogP contribution in [0.3, 0.4) is 0 Å². The molecular formula is C6H5N3O5S. The quantitative estimate of drug-likeness (QED) is 0.274. The van der Waals surface area contributed by atoms with Crippen LogP contribution in [0.5, 0.6) is 0 Å². The van der Waals surface area contributed by atoms with E-state index in [0.717, 1.165) is 24.3 Å². The second kappa shape index (κ2) is 3.71. The van der Waals surface area contributed by atoms with Crippen LogP contribution >= 0.6 is 0 Å². The summed E-state index contributed by atoms with van der Waals surface area (Å²) in [6.07, 6.45) is 0. The van der Waals surface area contributed by atoms with Crippen molar-refractivity contribution in [3.8, 4) is 0 Å². The Hall–Kier alpha value is -1.87. The van der Waals surface area contributed by atoms with E-state index in [1.54, 1.807) is 0 Å². The van der Waals surface area contributed by atoms with Gasteiger partial charge in [0.1, 0.15) is 0 Å². The Labute approximate surface area is 84.3 Å². The summed E-state index contributed by atoms with van der Waals surface area (Å²) in [7, 11) is -4.77. The van der Waals surface area contributed by atoms with Gasteiger partial charge in [-0.25, -0.2) is 4.55 Å². The van der Waals surface area contributed by atoms with Gasteiger partial charge in [0.05, 0.1) is 4.92 Å². The summed E-state index contributed by atoms with van der Waals surface area (Å²) < 4.78 is 28.9. The van der Waals surface area contributed by atoms with E-state index in [-0.39, 0.29) is 11.4 Å². The molecule has 0 heterocycles. The largest absolute Gasteiger partial charge is 0.501 e. The molecule has 0 aliphatic rings. The molecular weight excluding hydrogens is 226 g/mol. The van der Waals surface area contributed by atoms with Gasteiger partial charge in [-0.15, -0.1) is 12.5 Å². The third kappa shape index (κ3) is 2.54. The standard InChI is InChI=1S/C6H5N3O5S/c7-8(15(12,13)14)5-1-3-6(4-2-5)9(10)11/h1-4H,(H,12,13,14). The van der Waals surface area contributed by atoms with Crippen LogP contribution in [0.4, 0.5) is 11.4 Å². The molecule has 1 aromatic carbocycles. The molecule has 9 heteroatoms. The molecule has 80 valence electrons. The first-order valence-corrected chi connectivity index (χ1v) is 4.93. The van der Waals surface area contributed by atoms with Crippen molar-refractivity contribution in [1.82, 2.24) is 0 Å². The highest BCUT2D eigenvalue weighted by Gasteiger charge is 2.18. The summed E-state index contributed by atoms with van der Waals surface area (Å²) in [5.41, 5.74) is 8.35. The fourth-order valence-electron chi connectivity index (χ4n) is 0.835. The SMILES string of the molecule is [N-]=[N+](c1ccc([N+](=O)[O-])cc1)S(=O)(=O)O. The van der Waals surface area contributed by atoms with Gasteiger partial charge in [0, 0.05) is 24.3 Å². The van der Waals surface area contributed by atoms with Crippen molar-refractivity contribution in [1.29, 1.82) is 0 Å². The first kappa shape index (κ1) is 11.2. The third-order valence-corrected chi connectivity index (χ3v) is 2.15. The smallest absolute Gasteiger partial charge is 0.478 e. The molecule has 0 unspecified atom stereocenters. The Balaban J connectivity index is 3.11. The third-order valence-electron chi connectivity index (χ3n) is 1.50. The average molecular weight is 231 g/mol. The van der Waals surface area contributed by atoms with Crippen molar-refractivity contribution in [3.63, 3.8) is 0 Å². The topological polar surface area (TPSA) is 123 Å². The fourth-order valence-corrected chi connectivity index (χ4v) is 1.22. The number of hydrogen-bond donors (Lipinski definition) is 1. The molecule has 0 atom stereocenters. The maximum absolute atomic E-state index is 10.4. The number of nitrogens with zero attached hydrogens (tertiary/aromatic N) is 3. The van der Waals surface area contributed by atoms with E-state index < -0.39 is 19.3 Å². The van der Waals surface area contributed by atoms with E-state index in [1.165, 1.54) is 0 Å². The molecule has 0 fully saturated rings. The summed E-state index contributed by atoms with van der Waals surface area (Å²) in [4.78, 5) is 9.56. The number of hydrogen-bond acceptors (Lipinski definition) is 4.